The van der Waals surface area contributed by atoms with E-state index in [9.17, 15) is 9.59 Å². The summed E-state index contributed by atoms with van der Waals surface area (Å²) in [5, 5.41) is 20.1. The molecular weight excluding hydrogens is 376 g/mol. The fourth-order valence-corrected chi connectivity index (χ4v) is 2.77. The SMILES string of the molecule is CNC(=O)c1onc2c(NC)cc(Nc3cccn(-c4cccnn4)c3=O)nc12. The molecule has 3 N–H and O–H groups in total. The molecule has 0 aliphatic rings. The number of carbonyl (C=O) groups excluding carboxylic acids is 1. The van der Waals surface area contributed by atoms with Crippen molar-refractivity contribution < 1.29 is 9.32 Å². The minimum absolute atomic E-state index is 0.0207. The van der Waals surface area contributed by atoms with Crippen molar-refractivity contribution in [1.82, 2.24) is 30.2 Å². The molecule has 0 saturated carbocycles. The van der Waals surface area contributed by atoms with Gasteiger partial charge in [0.1, 0.15) is 17.0 Å². The van der Waals surface area contributed by atoms with Crippen LogP contribution in [0.4, 0.5) is 17.2 Å². The van der Waals surface area contributed by atoms with Gasteiger partial charge in [-0.25, -0.2) is 4.98 Å². The first-order valence-electron chi connectivity index (χ1n) is 8.59. The first-order valence-corrected chi connectivity index (χ1v) is 8.59. The summed E-state index contributed by atoms with van der Waals surface area (Å²) in [6, 6.07) is 8.35. The summed E-state index contributed by atoms with van der Waals surface area (Å²) in [5.41, 5.74) is 1.19. The average molecular weight is 392 g/mol. The van der Waals surface area contributed by atoms with E-state index in [1.165, 1.54) is 17.8 Å². The van der Waals surface area contributed by atoms with E-state index in [1.54, 1.807) is 43.6 Å². The van der Waals surface area contributed by atoms with Crippen LogP contribution in [-0.2, 0) is 0 Å². The molecule has 0 unspecified atom stereocenters. The molecule has 0 aliphatic carbocycles. The van der Waals surface area contributed by atoms with Crippen LogP contribution in [0, 0.1) is 0 Å². The zero-order valence-corrected chi connectivity index (χ0v) is 15.5. The van der Waals surface area contributed by atoms with Gasteiger partial charge in [0.25, 0.3) is 11.5 Å². The molecule has 4 rings (SSSR count). The summed E-state index contributed by atoms with van der Waals surface area (Å²) < 4.78 is 6.51. The van der Waals surface area contributed by atoms with E-state index < -0.39 is 5.91 Å². The van der Waals surface area contributed by atoms with Gasteiger partial charge in [0.05, 0.1) is 5.69 Å². The third kappa shape index (κ3) is 3.25. The molecule has 0 radical (unpaired) electrons. The number of nitrogens with one attached hydrogen (secondary N) is 3. The number of nitrogens with zero attached hydrogens (tertiary/aromatic N) is 5. The van der Waals surface area contributed by atoms with E-state index in [0.717, 1.165) is 0 Å². The molecule has 11 nitrogen and oxygen atoms in total. The second-order valence-corrected chi connectivity index (χ2v) is 5.90. The zero-order chi connectivity index (χ0) is 20.4. The first kappa shape index (κ1) is 18.1. The Kier molecular flexibility index (Phi) is 4.61. The largest absolute Gasteiger partial charge is 0.386 e. The van der Waals surface area contributed by atoms with Gasteiger partial charge in [0.2, 0.25) is 5.76 Å². The van der Waals surface area contributed by atoms with Crippen LogP contribution >= 0.6 is 0 Å². The lowest BCUT2D eigenvalue weighted by Gasteiger charge is -2.10. The fourth-order valence-electron chi connectivity index (χ4n) is 2.77. The molecule has 0 spiro atoms. The molecule has 0 saturated heterocycles. The number of rotatable bonds is 5. The maximum atomic E-state index is 12.9. The third-order valence-electron chi connectivity index (χ3n) is 4.15. The normalized spacial score (nSPS) is 10.7. The fraction of sp³-hybridized carbons (Fsp3) is 0.111. The average Bonchev–Trinajstić information content (AvgIpc) is 3.18. The van der Waals surface area contributed by atoms with Crippen LogP contribution in [0.1, 0.15) is 10.6 Å². The van der Waals surface area contributed by atoms with Crippen LogP contribution < -0.4 is 21.5 Å². The second-order valence-electron chi connectivity index (χ2n) is 5.90. The van der Waals surface area contributed by atoms with Crippen LogP contribution in [-0.4, -0.2) is 44.9 Å². The van der Waals surface area contributed by atoms with Gasteiger partial charge in [-0.05, 0) is 24.3 Å². The van der Waals surface area contributed by atoms with Crippen molar-refractivity contribution in [3.8, 4) is 5.82 Å². The Morgan fingerprint density at radius 1 is 1.14 bits per heavy atom. The summed E-state index contributed by atoms with van der Waals surface area (Å²) in [5.74, 6) is 0.252. The van der Waals surface area contributed by atoms with E-state index >= 15 is 0 Å². The highest BCUT2D eigenvalue weighted by Crippen LogP contribution is 2.27. The molecule has 0 atom stereocenters. The standard InChI is InChI=1S/C18H16N8O3/c1-19-11-9-12(23-15-14(11)25-29-16(15)17(27)20-2)22-10-5-4-8-26(18(10)28)13-6-3-7-21-24-13/h3-9,19H,1-2H3,(H,20,27)(H,22,23). The zero-order valence-electron chi connectivity index (χ0n) is 15.5. The predicted octanol–water partition coefficient (Wildman–Crippen LogP) is 1.31. The van der Waals surface area contributed by atoms with Crippen molar-refractivity contribution in [3.05, 3.63) is 58.8 Å². The molecular formula is C18H16N8O3. The predicted molar refractivity (Wildman–Crippen MR) is 106 cm³/mol. The number of pyridine rings is 2. The molecule has 0 fully saturated rings. The van der Waals surface area contributed by atoms with E-state index in [2.05, 4.69) is 36.3 Å². The Bertz CT molecular complexity index is 1250. The monoisotopic (exact) mass is 392 g/mol. The lowest BCUT2D eigenvalue weighted by Crippen LogP contribution is -2.21. The highest BCUT2D eigenvalue weighted by molar-refractivity contribution is 6.05. The van der Waals surface area contributed by atoms with E-state index in [4.69, 9.17) is 4.52 Å². The van der Waals surface area contributed by atoms with Gasteiger partial charge in [-0.2, -0.15) is 5.10 Å². The van der Waals surface area contributed by atoms with Gasteiger partial charge >= 0.3 is 0 Å². The van der Waals surface area contributed by atoms with E-state index in [1.807, 2.05) is 0 Å². The molecule has 11 heteroatoms. The number of aromatic nitrogens is 5. The van der Waals surface area contributed by atoms with Crippen LogP contribution in [0.5, 0.6) is 0 Å². The summed E-state index contributed by atoms with van der Waals surface area (Å²) in [7, 11) is 3.19. The second kappa shape index (κ2) is 7.38. The van der Waals surface area contributed by atoms with Crippen molar-refractivity contribution >= 4 is 34.1 Å². The smallest absolute Gasteiger partial charge is 0.291 e. The summed E-state index contributed by atoms with van der Waals surface area (Å²) in [6.07, 6.45) is 3.12. The lowest BCUT2D eigenvalue weighted by molar-refractivity contribution is 0.0929. The molecule has 0 bridgehead atoms. The van der Waals surface area contributed by atoms with Gasteiger partial charge in [-0.3, -0.25) is 14.2 Å². The molecule has 29 heavy (non-hydrogen) atoms. The third-order valence-corrected chi connectivity index (χ3v) is 4.15. The Labute approximate surface area is 163 Å². The highest BCUT2D eigenvalue weighted by atomic mass is 16.5. The van der Waals surface area contributed by atoms with Gasteiger partial charge in [0, 0.05) is 32.6 Å². The van der Waals surface area contributed by atoms with Crippen molar-refractivity contribution in [3.63, 3.8) is 0 Å². The quantitative estimate of drug-likeness (QED) is 0.458. The number of fused-ring (bicyclic) bond motifs is 1. The molecule has 4 heterocycles. The number of hydrogen-bond acceptors (Lipinski definition) is 9. The summed E-state index contributed by atoms with van der Waals surface area (Å²) >= 11 is 0. The van der Waals surface area contributed by atoms with E-state index in [-0.39, 0.29) is 22.5 Å². The summed E-state index contributed by atoms with van der Waals surface area (Å²) in [4.78, 5) is 29.3. The number of anilines is 3. The van der Waals surface area contributed by atoms with Crippen molar-refractivity contribution in [2.24, 2.45) is 0 Å². The van der Waals surface area contributed by atoms with Crippen molar-refractivity contribution in [1.29, 1.82) is 0 Å². The first-order chi connectivity index (χ1) is 14.1. The summed E-state index contributed by atoms with van der Waals surface area (Å²) in [6.45, 7) is 0. The van der Waals surface area contributed by atoms with Gasteiger partial charge in [0.15, 0.2) is 11.3 Å². The molecule has 4 aromatic rings. The topological polar surface area (TPSA) is 140 Å². The van der Waals surface area contributed by atoms with Gasteiger partial charge in [-0.15, -0.1) is 5.10 Å². The molecule has 146 valence electrons. The molecule has 1 amide bonds. The maximum Gasteiger partial charge on any atom is 0.291 e. The highest BCUT2D eigenvalue weighted by Gasteiger charge is 2.20. The van der Waals surface area contributed by atoms with Crippen LogP contribution in [0.25, 0.3) is 16.9 Å². The number of amides is 1. The number of carbonyl (C=O) groups is 1. The van der Waals surface area contributed by atoms with Crippen LogP contribution in [0.2, 0.25) is 0 Å². The Morgan fingerprint density at radius 2 is 2.00 bits per heavy atom. The van der Waals surface area contributed by atoms with Gasteiger partial charge in [-0.1, -0.05) is 5.16 Å². The Balaban J connectivity index is 1.79. The minimum Gasteiger partial charge on any atom is -0.386 e. The van der Waals surface area contributed by atoms with E-state index in [0.29, 0.717) is 22.8 Å². The van der Waals surface area contributed by atoms with Crippen LogP contribution in [0.15, 0.2) is 52.0 Å². The number of hydrogen-bond donors (Lipinski definition) is 3. The molecule has 0 aliphatic heterocycles. The maximum absolute atomic E-state index is 12.9. The van der Waals surface area contributed by atoms with Gasteiger partial charge < -0.3 is 20.5 Å². The van der Waals surface area contributed by atoms with Crippen molar-refractivity contribution in [2.75, 3.05) is 24.7 Å². The molecule has 0 aromatic carbocycles. The van der Waals surface area contributed by atoms with Crippen molar-refractivity contribution in [2.45, 2.75) is 0 Å². The Hall–Kier alpha value is -4.28. The lowest BCUT2D eigenvalue weighted by atomic mass is 10.2. The Morgan fingerprint density at radius 3 is 2.72 bits per heavy atom. The minimum atomic E-state index is -0.455. The molecule has 4 aromatic heterocycles. The van der Waals surface area contributed by atoms with Crippen LogP contribution in [0.3, 0.4) is 0 Å².